The van der Waals surface area contributed by atoms with E-state index in [4.69, 9.17) is 4.74 Å². The second-order valence-corrected chi connectivity index (χ2v) is 6.46. The number of nitrogens with zero attached hydrogens (tertiary/aromatic N) is 2. The molecular formula is C21H21F3N2O. The van der Waals surface area contributed by atoms with Gasteiger partial charge in [-0.3, -0.25) is 0 Å². The van der Waals surface area contributed by atoms with Crippen molar-refractivity contribution in [2.75, 3.05) is 7.11 Å². The fraction of sp³-hybridized carbons (Fsp3) is 0.286. The Morgan fingerprint density at radius 2 is 1.70 bits per heavy atom. The smallest absolute Gasteiger partial charge is 0.435 e. The highest BCUT2D eigenvalue weighted by Gasteiger charge is 2.39. The number of aryl methyl sites for hydroxylation is 2. The third-order valence-corrected chi connectivity index (χ3v) is 4.55. The summed E-state index contributed by atoms with van der Waals surface area (Å²) in [6.07, 6.45) is -4.29. The molecule has 3 rings (SSSR count). The zero-order valence-electron chi connectivity index (χ0n) is 15.7. The van der Waals surface area contributed by atoms with Gasteiger partial charge in [0.25, 0.3) is 0 Å². The Balaban J connectivity index is 2.31. The molecule has 0 radical (unpaired) electrons. The van der Waals surface area contributed by atoms with Crippen molar-refractivity contribution in [2.24, 2.45) is 0 Å². The van der Waals surface area contributed by atoms with Crippen molar-refractivity contribution in [3.63, 3.8) is 0 Å². The van der Waals surface area contributed by atoms with Crippen LogP contribution < -0.4 is 4.74 Å². The summed E-state index contributed by atoms with van der Waals surface area (Å²) < 4.78 is 47.5. The second-order valence-electron chi connectivity index (χ2n) is 6.46. The summed E-state index contributed by atoms with van der Waals surface area (Å²) in [4.78, 5) is 0. The maximum atomic E-state index is 13.6. The lowest BCUT2D eigenvalue weighted by Crippen LogP contribution is -2.09. The molecule has 1 heterocycles. The van der Waals surface area contributed by atoms with Crippen molar-refractivity contribution < 1.29 is 17.9 Å². The molecule has 0 bridgehead atoms. The largest absolute Gasteiger partial charge is 0.496 e. The van der Waals surface area contributed by atoms with Crippen molar-refractivity contribution in [3.8, 4) is 22.7 Å². The van der Waals surface area contributed by atoms with Crippen molar-refractivity contribution in [1.29, 1.82) is 0 Å². The van der Waals surface area contributed by atoms with E-state index in [0.717, 1.165) is 11.1 Å². The zero-order valence-corrected chi connectivity index (χ0v) is 15.7. The van der Waals surface area contributed by atoms with Gasteiger partial charge in [0.05, 0.1) is 18.5 Å². The van der Waals surface area contributed by atoms with Gasteiger partial charge in [0.1, 0.15) is 5.75 Å². The average Bonchev–Trinajstić information content (AvgIpc) is 3.02. The molecule has 0 aliphatic heterocycles. The van der Waals surface area contributed by atoms with Crippen LogP contribution in [0.25, 0.3) is 16.9 Å². The van der Waals surface area contributed by atoms with Crippen molar-refractivity contribution >= 4 is 0 Å². The molecule has 0 spiro atoms. The monoisotopic (exact) mass is 374 g/mol. The lowest BCUT2D eigenvalue weighted by molar-refractivity contribution is -0.141. The van der Waals surface area contributed by atoms with Gasteiger partial charge in [-0.1, -0.05) is 24.6 Å². The second kappa shape index (κ2) is 7.10. The van der Waals surface area contributed by atoms with E-state index in [1.165, 1.54) is 4.68 Å². The van der Waals surface area contributed by atoms with Crippen LogP contribution in [0.2, 0.25) is 0 Å². The lowest BCUT2D eigenvalue weighted by atomic mass is 10.0. The molecule has 6 heteroatoms. The van der Waals surface area contributed by atoms with Crippen LogP contribution in [0.3, 0.4) is 0 Å². The molecule has 0 aliphatic carbocycles. The average molecular weight is 374 g/mol. The molecule has 0 aliphatic rings. The third-order valence-electron chi connectivity index (χ3n) is 4.55. The molecule has 3 aromatic rings. The molecular weight excluding hydrogens is 353 g/mol. The number of aromatic nitrogens is 2. The zero-order chi connectivity index (χ0) is 19.8. The van der Waals surface area contributed by atoms with E-state index >= 15 is 0 Å². The summed E-state index contributed by atoms with van der Waals surface area (Å²) in [5.41, 5.74) is 2.95. The first-order chi connectivity index (χ1) is 12.8. The standard InChI is InChI=1S/C21H21F3N2O/c1-5-17-19(15-8-11-18(27-4)14(3)12-15)26(25-20(17)21(22,23)24)16-9-6-13(2)7-10-16/h6-12H,5H2,1-4H3. The van der Waals surface area contributed by atoms with Gasteiger partial charge in [0.15, 0.2) is 5.69 Å². The van der Waals surface area contributed by atoms with Crippen LogP contribution >= 0.6 is 0 Å². The molecule has 27 heavy (non-hydrogen) atoms. The fourth-order valence-electron chi connectivity index (χ4n) is 3.21. The number of alkyl halides is 3. The molecule has 0 N–H and O–H groups in total. The van der Waals surface area contributed by atoms with Crippen LogP contribution in [-0.4, -0.2) is 16.9 Å². The first kappa shape index (κ1) is 19.0. The first-order valence-electron chi connectivity index (χ1n) is 8.67. The Bertz CT molecular complexity index is 957. The molecule has 1 aromatic heterocycles. The van der Waals surface area contributed by atoms with E-state index < -0.39 is 11.9 Å². The van der Waals surface area contributed by atoms with E-state index in [1.54, 1.807) is 38.3 Å². The minimum absolute atomic E-state index is 0.188. The molecule has 0 unspecified atom stereocenters. The van der Waals surface area contributed by atoms with Gasteiger partial charge < -0.3 is 4.74 Å². The van der Waals surface area contributed by atoms with E-state index in [0.29, 0.717) is 22.7 Å². The summed E-state index contributed by atoms with van der Waals surface area (Å²) in [6, 6.07) is 12.7. The number of hydrogen-bond acceptors (Lipinski definition) is 2. The quantitative estimate of drug-likeness (QED) is 0.582. The van der Waals surface area contributed by atoms with Crippen LogP contribution in [-0.2, 0) is 12.6 Å². The number of methoxy groups -OCH3 is 1. The summed E-state index contributed by atoms with van der Waals surface area (Å²) in [5, 5.41) is 3.96. The van der Waals surface area contributed by atoms with Gasteiger partial charge in [-0.25, -0.2) is 4.68 Å². The van der Waals surface area contributed by atoms with Gasteiger partial charge in [0, 0.05) is 11.1 Å². The predicted molar refractivity (Wildman–Crippen MR) is 99.4 cm³/mol. The van der Waals surface area contributed by atoms with E-state index in [9.17, 15) is 13.2 Å². The summed E-state index contributed by atoms with van der Waals surface area (Å²) in [5.74, 6) is 0.689. The van der Waals surface area contributed by atoms with Gasteiger partial charge in [0.2, 0.25) is 0 Å². The Morgan fingerprint density at radius 1 is 1.04 bits per heavy atom. The Labute approximate surface area is 156 Å². The van der Waals surface area contributed by atoms with E-state index in [1.807, 2.05) is 32.0 Å². The highest BCUT2D eigenvalue weighted by molar-refractivity contribution is 5.69. The Hall–Kier alpha value is -2.76. The number of ether oxygens (including phenoxy) is 1. The summed E-state index contributed by atoms with van der Waals surface area (Å²) in [6.45, 7) is 5.51. The third kappa shape index (κ3) is 3.56. The number of hydrogen-bond donors (Lipinski definition) is 0. The lowest BCUT2D eigenvalue weighted by Gasteiger charge is -2.12. The minimum atomic E-state index is -4.52. The molecule has 3 nitrogen and oxygen atoms in total. The first-order valence-corrected chi connectivity index (χ1v) is 8.67. The number of benzene rings is 2. The van der Waals surface area contributed by atoms with Crippen molar-refractivity contribution in [2.45, 2.75) is 33.4 Å². The van der Waals surface area contributed by atoms with Crippen molar-refractivity contribution in [1.82, 2.24) is 9.78 Å². The Kier molecular flexibility index (Phi) is 5.00. The summed E-state index contributed by atoms with van der Waals surface area (Å²) in [7, 11) is 1.57. The fourth-order valence-corrected chi connectivity index (χ4v) is 3.21. The molecule has 0 saturated heterocycles. The highest BCUT2D eigenvalue weighted by Crippen LogP contribution is 2.39. The van der Waals surface area contributed by atoms with Crippen molar-refractivity contribution in [3.05, 3.63) is 64.8 Å². The molecule has 0 atom stereocenters. The topological polar surface area (TPSA) is 27.1 Å². The number of halogens is 3. The van der Waals surface area contributed by atoms with Crippen LogP contribution in [0.15, 0.2) is 42.5 Å². The van der Waals surface area contributed by atoms with Crippen LogP contribution in [0.5, 0.6) is 5.75 Å². The molecule has 0 fully saturated rings. The minimum Gasteiger partial charge on any atom is -0.496 e. The SMILES string of the molecule is CCc1c(C(F)(F)F)nn(-c2ccc(C)cc2)c1-c1ccc(OC)c(C)c1. The summed E-state index contributed by atoms with van der Waals surface area (Å²) >= 11 is 0. The van der Waals surface area contributed by atoms with Gasteiger partial charge in [-0.05, 0) is 56.2 Å². The van der Waals surface area contributed by atoms with E-state index in [2.05, 4.69) is 5.10 Å². The van der Waals surface area contributed by atoms with Gasteiger partial charge in [-0.2, -0.15) is 18.3 Å². The van der Waals surface area contributed by atoms with E-state index in [-0.39, 0.29) is 12.0 Å². The van der Waals surface area contributed by atoms with Crippen LogP contribution in [0, 0.1) is 13.8 Å². The maximum Gasteiger partial charge on any atom is 0.435 e. The Morgan fingerprint density at radius 3 is 2.22 bits per heavy atom. The van der Waals surface area contributed by atoms with Gasteiger partial charge in [-0.15, -0.1) is 0 Å². The highest BCUT2D eigenvalue weighted by atomic mass is 19.4. The maximum absolute atomic E-state index is 13.6. The number of rotatable bonds is 4. The van der Waals surface area contributed by atoms with Crippen LogP contribution in [0.4, 0.5) is 13.2 Å². The molecule has 0 amide bonds. The normalized spacial score (nSPS) is 11.7. The predicted octanol–water partition coefficient (Wildman–Crippen LogP) is 5.75. The van der Waals surface area contributed by atoms with Gasteiger partial charge >= 0.3 is 6.18 Å². The van der Waals surface area contributed by atoms with Crippen LogP contribution in [0.1, 0.15) is 29.3 Å². The molecule has 142 valence electrons. The molecule has 2 aromatic carbocycles. The molecule has 0 saturated carbocycles.